The van der Waals surface area contributed by atoms with Crippen LogP contribution in [-0.4, -0.2) is 0 Å². The van der Waals surface area contributed by atoms with E-state index in [1.165, 1.54) is 89.9 Å². The molecule has 0 fully saturated rings. The molecule has 0 aromatic heterocycles. The van der Waals surface area contributed by atoms with Gasteiger partial charge >= 0.3 is 0 Å². The first-order valence-electron chi connectivity index (χ1n) is 9.81. The van der Waals surface area contributed by atoms with Crippen molar-refractivity contribution in [3.05, 3.63) is 0 Å². The molecule has 0 aliphatic heterocycles. The summed E-state index contributed by atoms with van der Waals surface area (Å²) in [6.07, 6.45) is 20.3. The minimum absolute atomic E-state index is 0.974. The molecule has 0 aromatic rings. The Hall–Kier alpha value is 0. The van der Waals surface area contributed by atoms with Gasteiger partial charge in [-0.3, -0.25) is 0 Å². The minimum Gasteiger partial charge on any atom is -0.0683 e. The lowest BCUT2D eigenvalue weighted by molar-refractivity contribution is 0.431. The normalized spacial score (nSPS) is 10.5. The average molecular weight is 285 g/mol. The van der Waals surface area contributed by atoms with Crippen LogP contribution in [0, 0.1) is 5.92 Å². The molecule has 0 aliphatic rings. The Labute approximate surface area is 131 Å². The first-order chi connectivity index (χ1) is 9.81. The Morgan fingerprint density at radius 3 is 1.15 bits per heavy atom. The van der Waals surface area contributed by atoms with Crippen LogP contribution in [0.1, 0.15) is 125 Å². The fourth-order valence-corrected chi connectivity index (χ4v) is 2.69. The van der Waals surface area contributed by atoms with Crippen LogP contribution in [0.25, 0.3) is 0 Å². The SMILES string of the molecule is CC.CCCCCCCCC(C)CCCCCCCC. The van der Waals surface area contributed by atoms with Crippen LogP contribution in [0.5, 0.6) is 0 Å². The van der Waals surface area contributed by atoms with Crippen molar-refractivity contribution in [3.8, 4) is 0 Å². The van der Waals surface area contributed by atoms with Crippen LogP contribution < -0.4 is 0 Å². The second kappa shape index (κ2) is 21.3. The van der Waals surface area contributed by atoms with Crippen molar-refractivity contribution in [2.24, 2.45) is 5.92 Å². The lowest BCUT2D eigenvalue weighted by Crippen LogP contribution is -1.95. The summed E-state index contributed by atoms with van der Waals surface area (Å²) in [5.74, 6) is 0.974. The topological polar surface area (TPSA) is 0 Å². The fraction of sp³-hybridized carbons (Fsp3) is 1.00. The summed E-state index contributed by atoms with van der Waals surface area (Å²) in [5, 5.41) is 0. The van der Waals surface area contributed by atoms with Gasteiger partial charge in [0.15, 0.2) is 0 Å². The van der Waals surface area contributed by atoms with Crippen LogP contribution in [0.2, 0.25) is 0 Å². The van der Waals surface area contributed by atoms with Gasteiger partial charge in [-0.2, -0.15) is 0 Å². The Morgan fingerprint density at radius 1 is 0.500 bits per heavy atom. The maximum Gasteiger partial charge on any atom is -0.0443 e. The second-order valence-corrected chi connectivity index (χ2v) is 6.22. The van der Waals surface area contributed by atoms with Crippen molar-refractivity contribution < 1.29 is 0 Å². The van der Waals surface area contributed by atoms with E-state index in [1.54, 1.807) is 0 Å². The highest BCUT2D eigenvalue weighted by Gasteiger charge is 2.01. The van der Waals surface area contributed by atoms with Gasteiger partial charge in [-0.25, -0.2) is 0 Å². The molecule has 0 rings (SSSR count). The molecule has 0 N–H and O–H groups in total. The van der Waals surface area contributed by atoms with Gasteiger partial charge in [0.05, 0.1) is 0 Å². The first-order valence-corrected chi connectivity index (χ1v) is 9.81. The van der Waals surface area contributed by atoms with Crippen LogP contribution in [0.3, 0.4) is 0 Å². The van der Waals surface area contributed by atoms with Crippen molar-refractivity contribution in [1.82, 2.24) is 0 Å². The molecule has 20 heavy (non-hydrogen) atoms. The Bertz CT molecular complexity index is 123. The van der Waals surface area contributed by atoms with Crippen LogP contribution in [0.15, 0.2) is 0 Å². The number of hydrogen-bond acceptors (Lipinski definition) is 0. The molecule has 0 saturated carbocycles. The van der Waals surface area contributed by atoms with Gasteiger partial charge < -0.3 is 0 Å². The van der Waals surface area contributed by atoms with Gasteiger partial charge in [0.2, 0.25) is 0 Å². The Balaban J connectivity index is 0. The van der Waals surface area contributed by atoms with Crippen LogP contribution in [0.4, 0.5) is 0 Å². The van der Waals surface area contributed by atoms with Crippen molar-refractivity contribution in [2.45, 2.75) is 125 Å². The molecule has 0 heterocycles. The maximum absolute atomic E-state index is 2.46. The van der Waals surface area contributed by atoms with Crippen molar-refractivity contribution >= 4 is 0 Å². The number of rotatable bonds is 14. The van der Waals surface area contributed by atoms with Gasteiger partial charge in [-0.05, 0) is 5.92 Å². The average Bonchev–Trinajstić information content (AvgIpc) is 2.48. The molecule has 0 heteroatoms. The lowest BCUT2D eigenvalue weighted by Gasteiger charge is -2.10. The zero-order chi connectivity index (χ0) is 15.5. The summed E-state index contributed by atoms with van der Waals surface area (Å²) in [5.41, 5.74) is 0. The zero-order valence-electron chi connectivity index (χ0n) is 15.5. The molecule has 0 unspecified atom stereocenters. The highest BCUT2D eigenvalue weighted by atomic mass is 14.1. The van der Waals surface area contributed by atoms with E-state index in [9.17, 15) is 0 Å². The summed E-state index contributed by atoms with van der Waals surface area (Å²) in [6.45, 7) is 11.0. The van der Waals surface area contributed by atoms with Gasteiger partial charge in [-0.15, -0.1) is 0 Å². The summed E-state index contributed by atoms with van der Waals surface area (Å²) in [6, 6.07) is 0. The Morgan fingerprint density at radius 2 is 0.800 bits per heavy atom. The third-order valence-electron chi connectivity index (χ3n) is 4.10. The summed E-state index contributed by atoms with van der Waals surface area (Å²) >= 11 is 0. The van der Waals surface area contributed by atoms with Gasteiger partial charge in [-0.1, -0.05) is 125 Å². The molecular weight excluding hydrogens is 240 g/mol. The summed E-state index contributed by atoms with van der Waals surface area (Å²) in [4.78, 5) is 0. The summed E-state index contributed by atoms with van der Waals surface area (Å²) < 4.78 is 0. The monoisotopic (exact) mass is 284 g/mol. The first kappa shape index (κ1) is 22.3. The van der Waals surface area contributed by atoms with E-state index in [0.29, 0.717) is 0 Å². The van der Waals surface area contributed by atoms with Crippen LogP contribution >= 0.6 is 0 Å². The van der Waals surface area contributed by atoms with Crippen molar-refractivity contribution in [1.29, 1.82) is 0 Å². The smallest absolute Gasteiger partial charge is 0.0443 e. The van der Waals surface area contributed by atoms with E-state index < -0.39 is 0 Å². The van der Waals surface area contributed by atoms with Gasteiger partial charge in [0.1, 0.15) is 0 Å². The van der Waals surface area contributed by atoms with Gasteiger partial charge in [0.25, 0.3) is 0 Å². The van der Waals surface area contributed by atoms with E-state index in [2.05, 4.69) is 20.8 Å². The van der Waals surface area contributed by atoms with E-state index in [0.717, 1.165) is 5.92 Å². The molecule has 0 nitrogen and oxygen atoms in total. The predicted molar refractivity (Wildman–Crippen MR) is 96.5 cm³/mol. The van der Waals surface area contributed by atoms with Crippen molar-refractivity contribution in [2.75, 3.05) is 0 Å². The molecule has 0 aliphatic carbocycles. The zero-order valence-corrected chi connectivity index (χ0v) is 15.5. The predicted octanol–water partition coefficient (Wildman–Crippen LogP) is 8.15. The lowest BCUT2D eigenvalue weighted by atomic mass is 9.96. The van der Waals surface area contributed by atoms with E-state index in [4.69, 9.17) is 0 Å². The van der Waals surface area contributed by atoms with E-state index in [-0.39, 0.29) is 0 Å². The third kappa shape index (κ3) is 20.3. The molecule has 124 valence electrons. The van der Waals surface area contributed by atoms with E-state index in [1.807, 2.05) is 13.8 Å². The molecule has 0 amide bonds. The van der Waals surface area contributed by atoms with Crippen molar-refractivity contribution in [3.63, 3.8) is 0 Å². The molecule has 0 spiro atoms. The molecule has 0 bridgehead atoms. The highest BCUT2D eigenvalue weighted by Crippen LogP contribution is 2.18. The van der Waals surface area contributed by atoms with Gasteiger partial charge in [0, 0.05) is 0 Å². The summed E-state index contributed by atoms with van der Waals surface area (Å²) in [7, 11) is 0. The number of hydrogen-bond donors (Lipinski definition) is 0. The fourth-order valence-electron chi connectivity index (χ4n) is 2.69. The third-order valence-corrected chi connectivity index (χ3v) is 4.10. The standard InChI is InChI=1S/C18H38.C2H6/c1-4-6-8-10-12-14-16-18(3)17-15-13-11-9-7-5-2;1-2/h18H,4-17H2,1-3H3;1-2H3. The highest BCUT2D eigenvalue weighted by molar-refractivity contribution is 4.55. The second-order valence-electron chi connectivity index (χ2n) is 6.22. The largest absolute Gasteiger partial charge is 0.0683 e. The Kier molecular flexibility index (Phi) is 23.7. The van der Waals surface area contributed by atoms with E-state index >= 15 is 0 Å². The maximum atomic E-state index is 2.46. The minimum atomic E-state index is 0.974. The number of unbranched alkanes of at least 4 members (excludes halogenated alkanes) is 10. The molecular formula is C20H44. The molecule has 0 saturated heterocycles. The molecule has 0 atom stereocenters. The van der Waals surface area contributed by atoms with Crippen LogP contribution in [-0.2, 0) is 0 Å². The molecule has 0 radical (unpaired) electrons. The quantitative estimate of drug-likeness (QED) is 0.282. The molecule has 0 aromatic carbocycles.